The number of rotatable bonds is 5. The Hall–Kier alpha value is -1.03. The summed E-state index contributed by atoms with van der Waals surface area (Å²) in [4.78, 5) is 1.07. The lowest BCUT2D eigenvalue weighted by Gasteiger charge is -2.14. The molecular weight excluding hydrogens is 212 g/mol. The van der Waals surface area contributed by atoms with E-state index in [-0.39, 0.29) is 0 Å². The van der Waals surface area contributed by atoms with Gasteiger partial charge < -0.3 is 14.2 Å². The van der Waals surface area contributed by atoms with Gasteiger partial charge in [-0.15, -0.1) is 11.8 Å². The van der Waals surface area contributed by atoms with Crippen LogP contribution in [-0.2, 0) is 0 Å². The molecule has 1 aromatic rings. The zero-order chi connectivity index (χ0) is 11.3. The standard InChI is InChI=1S/C11H16O3S/c1-5-15-9-7-6-8(12-2)10(13-3)11(9)14-4/h6-7H,5H2,1-4H3. The van der Waals surface area contributed by atoms with Gasteiger partial charge >= 0.3 is 0 Å². The number of methoxy groups -OCH3 is 3. The molecule has 0 unspecified atom stereocenters. The SMILES string of the molecule is CCSc1ccc(OC)c(OC)c1OC. The molecule has 15 heavy (non-hydrogen) atoms. The van der Waals surface area contributed by atoms with E-state index in [9.17, 15) is 0 Å². The number of hydrogen-bond acceptors (Lipinski definition) is 4. The van der Waals surface area contributed by atoms with E-state index in [0.29, 0.717) is 11.5 Å². The molecule has 0 aliphatic rings. The molecule has 0 atom stereocenters. The summed E-state index contributed by atoms with van der Waals surface area (Å²) in [5.74, 6) is 3.07. The summed E-state index contributed by atoms with van der Waals surface area (Å²) in [6.07, 6.45) is 0. The van der Waals surface area contributed by atoms with Gasteiger partial charge in [-0.05, 0) is 17.9 Å². The molecule has 1 rings (SSSR count). The van der Waals surface area contributed by atoms with Gasteiger partial charge in [0.05, 0.1) is 26.2 Å². The maximum absolute atomic E-state index is 5.34. The van der Waals surface area contributed by atoms with Crippen LogP contribution in [-0.4, -0.2) is 27.1 Å². The number of benzene rings is 1. The first kappa shape index (κ1) is 12.0. The van der Waals surface area contributed by atoms with E-state index in [1.165, 1.54) is 0 Å². The number of ether oxygens (including phenoxy) is 3. The fraction of sp³-hybridized carbons (Fsp3) is 0.455. The molecule has 84 valence electrons. The largest absolute Gasteiger partial charge is 0.493 e. The first-order chi connectivity index (χ1) is 7.28. The lowest BCUT2D eigenvalue weighted by atomic mass is 10.3. The second-order valence-electron chi connectivity index (χ2n) is 2.77. The average Bonchev–Trinajstić information content (AvgIpc) is 2.28. The quantitative estimate of drug-likeness (QED) is 0.724. The second-order valence-corrected chi connectivity index (χ2v) is 4.07. The summed E-state index contributed by atoms with van der Waals surface area (Å²) < 4.78 is 15.8. The Kier molecular flexibility index (Phi) is 4.62. The van der Waals surface area contributed by atoms with Crippen molar-refractivity contribution in [1.29, 1.82) is 0 Å². The van der Waals surface area contributed by atoms with Crippen molar-refractivity contribution in [3.63, 3.8) is 0 Å². The molecule has 0 saturated heterocycles. The Morgan fingerprint density at radius 2 is 1.67 bits per heavy atom. The monoisotopic (exact) mass is 228 g/mol. The smallest absolute Gasteiger partial charge is 0.204 e. The molecule has 0 fully saturated rings. The number of thioether (sulfide) groups is 1. The zero-order valence-corrected chi connectivity index (χ0v) is 10.3. The van der Waals surface area contributed by atoms with Gasteiger partial charge in [-0.3, -0.25) is 0 Å². The van der Waals surface area contributed by atoms with Gasteiger partial charge in [-0.25, -0.2) is 0 Å². The van der Waals surface area contributed by atoms with Crippen molar-refractivity contribution in [1.82, 2.24) is 0 Å². The van der Waals surface area contributed by atoms with Crippen LogP contribution >= 0.6 is 11.8 Å². The Balaban J connectivity index is 3.21. The van der Waals surface area contributed by atoms with E-state index in [4.69, 9.17) is 14.2 Å². The highest BCUT2D eigenvalue weighted by Gasteiger charge is 2.15. The van der Waals surface area contributed by atoms with Crippen LogP contribution in [0.5, 0.6) is 17.2 Å². The summed E-state index contributed by atoms with van der Waals surface area (Å²) in [5.41, 5.74) is 0. The molecule has 0 amide bonds. The summed E-state index contributed by atoms with van der Waals surface area (Å²) in [5, 5.41) is 0. The minimum atomic E-state index is 0.651. The van der Waals surface area contributed by atoms with Gasteiger partial charge in [-0.2, -0.15) is 0 Å². The Bertz CT molecular complexity index is 326. The molecule has 1 aromatic carbocycles. The molecule has 0 heterocycles. The lowest BCUT2D eigenvalue weighted by Crippen LogP contribution is -1.96. The Labute approximate surface area is 94.7 Å². The van der Waals surface area contributed by atoms with Crippen LogP contribution < -0.4 is 14.2 Å². The first-order valence-electron chi connectivity index (χ1n) is 4.70. The minimum absolute atomic E-state index is 0.651. The van der Waals surface area contributed by atoms with Gasteiger partial charge in [0.15, 0.2) is 11.5 Å². The van der Waals surface area contributed by atoms with Crippen LogP contribution in [0.15, 0.2) is 17.0 Å². The molecule has 0 aliphatic heterocycles. The third kappa shape index (κ3) is 2.50. The van der Waals surface area contributed by atoms with E-state index in [1.54, 1.807) is 33.1 Å². The van der Waals surface area contributed by atoms with Crippen LogP contribution in [0.3, 0.4) is 0 Å². The van der Waals surface area contributed by atoms with E-state index in [0.717, 1.165) is 16.4 Å². The summed E-state index contributed by atoms with van der Waals surface area (Å²) in [6.45, 7) is 2.10. The fourth-order valence-corrected chi connectivity index (χ4v) is 2.13. The maximum atomic E-state index is 5.34. The lowest BCUT2D eigenvalue weighted by molar-refractivity contribution is 0.319. The van der Waals surface area contributed by atoms with Crippen molar-refractivity contribution >= 4 is 11.8 Å². The average molecular weight is 228 g/mol. The van der Waals surface area contributed by atoms with E-state index in [2.05, 4.69) is 6.92 Å². The summed E-state index contributed by atoms with van der Waals surface area (Å²) in [7, 11) is 4.86. The molecule has 0 spiro atoms. The third-order valence-electron chi connectivity index (χ3n) is 1.97. The molecule has 0 bridgehead atoms. The zero-order valence-electron chi connectivity index (χ0n) is 9.49. The van der Waals surface area contributed by atoms with Crippen LogP contribution in [0.2, 0.25) is 0 Å². The predicted octanol–water partition coefficient (Wildman–Crippen LogP) is 2.82. The third-order valence-corrected chi connectivity index (χ3v) is 2.89. The van der Waals surface area contributed by atoms with Crippen molar-refractivity contribution in [2.24, 2.45) is 0 Å². The highest BCUT2D eigenvalue weighted by Crippen LogP contribution is 2.43. The van der Waals surface area contributed by atoms with Crippen molar-refractivity contribution in [3.05, 3.63) is 12.1 Å². The van der Waals surface area contributed by atoms with Crippen molar-refractivity contribution in [2.45, 2.75) is 11.8 Å². The summed E-state index contributed by atoms with van der Waals surface area (Å²) in [6, 6.07) is 3.87. The maximum Gasteiger partial charge on any atom is 0.204 e. The first-order valence-corrected chi connectivity index (χ1v) is 5.68. The van der Waals surface area contributed by atoms with Crippen LogP contribution in [0.25, 0.3) is 0 Å². The second kappa shape index (κ2) is 5.75. The van der Waals surface area contributed by atoms with E-state index in [1.807, 2.05) is 12.1 Å². The van der Waals surface area contributed by atoms with Crippen LogP contribution in [0.4, 0.5) is 0 Å². The van der Waals surface area contributed by atoms with Crippen molar-refractivity contribution in [2.75, 3.05) is 27.1 Å². The van der Waals surface area contributed by atoms with Gasteiger partial charge in [0.25, 0.3) is 0 Å². The molecule has 0 saturated carbocycles. The van der Waals surface area contributed by atoms with Crippen LogP contribution in [0.1, 0.15) is 6.92 Å². The molecule has 0 radical (unpaired) electrons. The molecular formula is C11H16O3S. The molecule has 0 aromatic heterocycles. The highest BCUT2D eigenvalue weighted by atomic mass is 32.2. The molecule has 4 heteroatoms. The predicted molar refractivity (Wildman–Crippen MR) is 62.5 cm³/mol. The highest BCUT2D eigenvalue weighted by molar-refractivity contribution is 7.99. The van der Waals surface area contributed by atoms with Gasteiger partial charge in [0.1, 0.15) is 0 Å². The molecule has 0 N–H and O–H groups in total. The van der Waals surface area contributed by atoms with Gasteiger partial charge in [0.2, 0.25) is 5.75 Å². The van der Waals surface area contributed by atoms with Crippen LogP contribution in [0, 0.1) is 0 Å². The summed E-state index contributed by atoms with van der Waals surface area (Å²) >= 11 is 1.71. The van der Waals surface area contributed by atoms with Gasteiger partial charge in [0, 0.05) is 0 Å². The topological polar surface area (TPSA) is 27.7 Å². The Morgan fingerprint density at radius 3 is 2.13 bits per heavy atom. The number of hydrogen-bond donors (Lipinski definition) is 0. The van der Waals surface area contributed by atoms with E-state index >= 15 is 0 Å². The normalized spacial score (nSPS) is 9.87. The van der Waals surface area contributed by atoms with Gasteiger partial charge in [-0.1, -0.05) is 6.92 Å². The molecule has 3 nitrogen and oxygen atoms in total. The van der Waals surface area contributed by atoms with E-state index < -0.39 is 0 Å². The Morgan fingerprint density at radius 1 is 1.00 bits per heavy atom. The minimum Gasteiger partial charge on any atom is -0.493 e. The van der Waals surface area contributed by atoms with Crippen molar-refractivity contribution in [3.8, 4) is 17.2 Å². The molecule has 0 aliphatic carbocycles. The fourth-order valence-electron chi connectivity index (χ4n) is 1.34. The van der Waals surface area contributed by atoms with Crippen molar-refractivity contribution < 1.29 is 14.2 Å².